The van der Waals surface area contributed by atoms with Gasteiger partial charge in [0.25, 0.3) is 0 Å². The Morgan fingerprint density at radius 3 is 2.83 bits per heavy atom. The molecule has 2 N–H and O–H groups in total. The lowest BCUT2D eigenvalue weighted by Crippen LogP contribution is -2.52. The van der Waals surface area contributed by atoms with E-state index in [1.54, 1.807) is 10.9 Å². The van der Waals surface area contributed by atoms with E-state index in [-0.39, 0.29) is 11.8 Å². The van der Waals surface area contributed by atoms with Gasteiger partial charge in [-0.05, 0) is 37.7 Å². The molecule has 2 aliphatic rings. The van der Waals surface area contributed by atoms with Crippen molar-refractivity contribution in [1.82, 2.24) is 14.7 Å². The Bertz CT molecular complexity index is 593. The minimum absolute atomic E-state index is 0.0966. The molecule has 2 amide bonds. The van der Waals surface area contributed by atoms with E-state index in [0.29, 0.717) is 25.4 Å². The summed E-state index contributed by atoms with van der Waals surface area (Å²) in [6.45, 7) is 3.79. The first kappa shape index (κ1) is 16.0. The van der Waals surface area contributed by atoms with Crippen molar-refractivity contribution in [3.63, 3.8) is 0 Å². The van der Waals surface area contributed by atoms with Crippen LogP contribution in [0.3, 0.4) is 0 Å². The summed E-state index contributed by atoms with van der Waals surface area (Å²) < 4.78 is 1.79. The van der Waals surface area contributed by atoms with Crippen molar-refractivity contribution < 1.29 is 9.59 Å². The van der Waals surface area contributed by atoms with Crippen molar-refractivity contribution in [3.05, 3.63) is 18.0 Å². The molecular formula is C17H26N4O2. The van der Waals surface area contributed by atoms with Gasteiger partial charge in [0, 0.05) is 32.3 Å². The number of nitrogens with two attached hydrogens (primary N) is 1. The van der Waals surface area contributed by atoms with Crippen LogP contribution in [0.5, 0.6) is 0 Å². The zero-order valence-corrected chi connectivity index (χ0v) is 13.8. The molecule has 1 saturated carbocycles. The lowest BCUT2D eigenvalue weighted by molar-refractivity contribution is -0.140. The third-order valence-electron chi connectivity index (χ3n) is 5.15. The van der Waals surface area contributed by atoms with E-state index < -0.39 is 5.41 Å². The second-order valence-corrected chi connectivity index (χ2v) is 7.24. The summed E-state index contributed by atoms with van der Waals surface area (Å²) in [6, 6.07) is 0. The maximum atomic E-state index is 12.5. The van der Waals surface area contributed by atoms with Gasteiger partial charge in [-0.1, -0.05) is 12.8 Å². The molecule has 1 aliphatic carbocycles. The van der Waals surface area contributed by atoms with Crippen LogP contribution in [0, 0.1) is 18.3 Å². The first-order valence-electron chi connectivity index (χ1n) is 8.55. The molecule has 0 spiro atoms. The smallest absolute Gasteiger partial charge is 0.225 e. The third-order valence-corrected chi connectivity index (χ3v) is 5.15. The van der Waals surface area contributed by atoms with Crippen LogP contribution in [-0.4, -0.2) is 39.6 Å². The van der Waals surface area contributed by atoms with Crippen molar-refractivity contribution in [2.45, 2.75) is 52.0 Å². The van der Waals surface area contributed by atoms with E-state index in [2.05, 4.69) is 5.10 Å². The number of amides is 2. The van der Waals surface area contributed by atoms with Gasteiger partial charge in [0.05, 0.1) is 11.6 Å². The molecule has 2 fully saturated rings. The predicted molar refractivity (Wildman–Crippen MR) is 86.4 cm³/mol. The molecule has 0 radical (unpaired) electrons. The standard InChI is InChI=1S/C17H26N4O2/c1-13-10-19-21(11-13)8-5-15(22)20-7-2-6-17(12-20,16(18)23)9-14-3-4-14/h10-11,14H,2-9,12H2,1H3,(H2,18,23). The maximum absolute atomic E-state index is 12.5. The van der Waals surface area contributed by atoms with Crippen LogP contribution in [-0.2, 0) is 16.1 Å². The van der Waals surface area contributed by atoms with Crippen molar-refractivity contribution >= 4 is 11.8 Å². The van der Waals surface area contributed by atoms with Crippen LogP contribution in [0.25, 0.3) is 0 Å². The zero-order chi connectivity index (χ0) is 16.4. The Morgan fingerprint density at radius 1 is 1.43 bits per heavy atom. The molecule has 0 aromatic carbocycles. The molecule has 1 saturated heterocycles. The summed E-state index contributed by atoms with van der Waals surface area (Å²) in [5.74, 6) is 0.494. The van der Waals surface area contributed by atoms with Crippen molar-refractivity contribution in [1.29, 1.82) is 0 Å². The fourth-order valence-corrected chi connectivity index (χ4v) is 3.65. The molecule has 1 atom stereocenters. The monoisotopic (exact) mass is 318 g/mol. The van der Waals surface area contributed by atoms with E-state index in [4.69, 9.17) is 5.73 Å². The number of aromatic nitrogens is 2. The van der Waals surface area contributed by atoms with Gasteiger partial charge < -0.3 is 10.6 Å². The minimum Gasteiger partial charge on any atom is -0.369 e. The van der Waals surface area contributed by atoms with Gasteiger partial charge in [0.15, 0.2) is 0 Å². The number of carbonyl (C=O) groups excluding carboxylic acids is 2. The van der Waals surface area contributed by atoms with Crippen LogP contribution >= 0.6 is 0 Å². The SMILES string of the molecule is Cc1cnn(CCC(=O)N2CCCC(CC3CC3)(C(N)=O)C2)c1. The van der Waals surface area contributed by atoms with E-state index >= 15 is 0 Å². The largest absolute Gasteiger partial charge is 0.369 e. The number of carbonyl (C=O) groups is 2. The quantitative estimate of drug-likeness (QED) is 0.862. The highest BCUT2D eigenvalue weighted by Gasteiger charge is 2.45. The number of hydrogen-bond donors (Lipinski definition) is 1. The Kier molecular flexibility index (Phi) is 4.41. The number of primary amides is 1. The fourth-order valence-electron chi connectivity index (χ4n) is 3.65. The summed E-state index contributed by atoms with van der Waals surface area (Å²) in [7, 11) is 0. The summed E-state index contributed by atoms with van der Waals surface area (Å²) in [6.07, 6.45) is 9.07. The molecule has 2 heterocycles. The molecule has 1 unspecified atom stereocenters. The second-order valence-electron chi connectivity index (χ2n) is 7.24. The van der Waals surface area contributed by atoms with Gasteiger partial charge in [-0.3, -0.25) is 14.3 Å². The molecule has 6 heteroatoms. The molecular weight excluding hydrogens is 292 g/mol. The normalized spacial score (nSPS) is 24.7. The van der Waals surface area contributed by atoms with E-state index in [9.17, 15) is 9.59 Å². The van der Waals surface area contributed by atoms with Crippen molar-refractivity contribution in [2.75, 3.05) is 13.1 Å². The van der Waals surface area contributed by atoms with Crippen LogP contribution in [0.1, 0.15) is 44.1 Å². The maximum Gasteiger partial charge on any atom is 0.225 e. The summed E-state index contributed by atoms with van der Waals surface area (Å²) in [4.78, 5) is 26.4. The number of hydrogen-bond acceptors (Lipinski definition) is 3. The molecule has 0 bridgehead atoms. The summed E-state index contributed by atoms with van der Waals surface area (Å²) in [5.41, 5.74) is 6.31. The van der Waals surface area contributed by atoms with Crippen molar-refractivity contribution in [3.8, 4) is 0 Å². The van der Waals surface area contributed by atoms with E-state index in [1.807, 2.05) is 18.0 Å². The number of rotatable bonds is 6. The molecule has 6 nitrogen and oxygen atoms in total. The van der Waals surface area contributed by atoms with Gasteiger partial charge in [0.1, 0.15) is 0 Å². The molecule has 1 aliphatic heterocycles. The Labute approximate surface area is 137 Å². The van der Waals surface area contributed by atoms with E-state index in [0.717, 1.165) is 31.4 Å². The topological polar surface area (TPSA) is 81.2 Å². The lowest BCUT2D eigenvalue weighted by atomic mass is 9.75. The molecule has 3 rings (SSSR count). The Morgan fingerprint density at radius 2 is 2.22 bits per heavy atom. The van der Waals surface area contributed by atoms with Crippen LogP contribution in [0.15, 0.2) is 12.4 Å². The average molecular weight is 318 g/mol. The van der Waals surface area contributed by atoms with Gasteiger partial charge in [0.2, 0.25) is 11.8 Å². The van der Waals surface area contributed by atoms with Crippen LogP contribution in [0.2, 0.25) is 0 Å². The fraction of sp³-hybridized carbons (Fsp3) is 0.706. The predicted octanol–water partition coefficient (Wildman–Crippen LogP) is 1.48. The number of aryl methyl sites for hydroxylation is 2. The average Bonchev–Trinajstić information content (AvgIpc) is 3.24. The zero-order valence-electron chi connectivity index (χ0n) is 13.8. The highest BCUT2D eigenvalue weighted by atomic mass is 16.2. The molecule has 23 heavy (non-hydrogen) atoms. The van der Waals surface area contributed by atoms with Gasteiger partial charge in [-0.2, -0.15) is 5.10 Å². The summed E-state index contributed by atoms with van der Waals surface area (Å²) >= 11 is 0. The minimum atomic E-state index is -0.503. The highest BCUT2D eigenvalue weighted by molar-refractivity contribution is 5.83. The van der Waals surface area contributed by atoms with Gasteiger partial charge >= 0.3 is 0 Å². The van der Waals surface area contributed by atoms with Crippen molar-refractivity contribution in [2.24, 2.45) is 17.1 Å². The number of likely N-dealkylation sites (tertiary alicyclic amines) is 1. The number of nitrogens with zero attached hydrogens (tertiary/aromatic N) is 3. The Balaban J connectivity index is 1.60. The van der Waals surface area contributed by atoms with Gasteiger partial charge in [-0.15, -0.1) is 0 Å². The molecule has 1 aromatic heterocycles. The number of piperidine rings is 1. The Hall–Kier alpha value is -1.85. The van der Waals surface area contributed by atoms with Crippen LogP contribution in [0.4, 0.5) is 0 Å². The van der Waals surface area contributed by atoms with E-state index in [1.165, 1.54) is 12.8 Å². The second kappa shape index (κ2) is 6.34. The first-order chi connectivity index (χ1) is 11.0. The van der Waals surface area contributed by atoms with Gasteiger partial charge in [-0.25, -0.2) is 0 Å². The lowest BCUT2D eigenvalue weighted by Gasteiger charge is -2.41. The summed E-state index contributed by atoms with van der Waals surface area (Å²) in [5, 5.41) is 4.21. The highest BCUT2D eigenvalue weighted by Crippen LogP contribution is 2.44. The molecule has 1 aromatic rings. The molecule has 126 valence electrons. The first-order valence-corrected chi connectivity index (χ1v) is 8.55. The van der Waals surface area contributed by atoms with Crippen LogP contribution < -0.4 is 5.73 Å². The third kappa shape index (κ3) is 3.74.